The van der Waals surface area contributed by atoms with Crippen LogP contribution in [-0.4, -0.2) is 50.6 Å². The number of carbonyl (C=O) groups is 3. The fraction of sp³-hybridized carbons (Fsp3) is 0.143. The summed E-state index contributed by atoms with van der Waals surface area (Å²) < 4.78 is 11.0. The second-order valence-corrected chi connectivity index (χ2v) is 8.46. The van der Waals surface area contributed by atoms with Crippen LogP contribution in [0.4, 0.5) is 5.69 Å². The number of nitrogens with zero attached hydrogens (tertiary/aromatic N) is 1. The summed E-state index contributed by atoms with van der Waals surface area (Å²) in [5.41, 5.74) is 0.734. The van der Waals surface area contributed by atoms with Gasteiger partial charge in [-0.05, 0) is 35.9 Å². The van der Waals surface area contributed by atoms with E-state index in [0.717, 1.165) is 23.4 Å². The van der Waals surface area contributed by atoms with Crippen molar-refractivity contribution in [1.29, 1.82) is 0 Å². The van der Waals surface area contributed by atoms with Crippen LogP contribution in [0.1, 0.15) is 22.3 Å². The lowest BCUT2D eigenvalue weighted by molar-refractivity contribution is -0.122. The van der Waals surface area contributed by atoms with Gasteiger partial charge in [0.05, 0.1) is 4.91 Å². The Labute approximate surface area is 191 Å². The van der Waals surface area contributed by atoms with Crippen LogP contribution in [0.5, 0.6) is 17.2 Å². The normalized spacial score (nSPS) is 16.0. The van der Waals surface area contributed by atoms with Crippen LogP contribution in [0.15, 0.2) is 41.3 Å². The highest BCUT2D eigenvalue weighted by Crippen LogP contribution is 2.36. The third-order valence-corrected chi connectivity index (χ3v) is 6.02. The van der Waals surface area contributed by atoms with Gasteiger partial charge in [0.25, 0.3) is 5.91 Å². The third kappa shape index (κ3) is 4.53. The first-order valence-electron chi connectivity index (χ1n) is 9.33. The number of carboxylic acids is 1. The van der Waals surface area contributed by atoms with Gasteiger partial charge in [-0.1, -0.05) is 30.0 Å². The molecule has 0 saturated carbocycles. The number of carboxylic acid groups (broad SMARTS) is 1. The van der Waals surface area contributed by atoms with Crippen molar-refractivity contribution in [2.24, 2.45) is 0 Å². The molecular weight excluding hydrogens is 456 g/mol. The van der Waals surface area contributed by atoms with Gasteiger partial charge in [0, 0.05) is 24.7 Å². The zero-order valence-corrected chi connectivity index (χ0v) is 18.0. The minimum absolute atomic E-state index is 0.0365. The highest BCUT2D eigenvalue weighted by atomic mass is 32.2. The van der Waals surface area contributed by atoms with Crippen molar-refractivity contribution < 1.29 is 34.1 Å². The Morgan fingerprint density at radius 3 is 2.72 bits per heavy atom. The summed E-state index contributed by atoms with van der Waals surface area (Å²) in [5, 5.41) is 21.2. The van der Waals surface area contributed by atoms with Crippen LogP contribution < -0.4 is 14.8 Å². The molecule has 1 fully saturated rings. The number of hydrogen-bond acceptors (Lipinski definition) is 8. The van der Waals surface area contributed by atoms with E-state index in [4.69, 9.17) is 26.8 Å². The lowest BCUT2D eigenvalue weighted by atomic mass is 10.2. The molecule has 1 saturated heterocycles. The lowest BCUT2D eigenvalue weighted by Gasteiger charge is -2.14. The maximum Gasteiger partial charge on any atom is 0.339 e. The SMILES string of the molecule is O=C(CCN1C(=O)/C(=C\c2ccc3c(c2)OCO3)SC1=S)Nc1ccc(C(=O)O)c(O)c1. The highest BCUT2D eigenvalue weighted by Gasteiger charge is 2.32. The summed E-state index contributed by atoms with van der Waals surface area (Å²) in [6.07, 6.45) is 1.67. The Morgan fingerprint density at radius 2 is 1.97 bits per heavy atom. The number of fused-ring (bicyclic) bond motifs is 1. The van der Waals surface area contributed by atoms with Gasteiger partial charge in [-0.2, -0.15) is 0 Å². The van der Waals surface area contributed by atoms with Crippen LogP contribution in [0, 0.1) is 0 Å². The first-order valence-corrected chi connectivity index (χ1v) is 10.6. The second-order valence-electron chi connectivity index (χ2n) is 6.78. The maximum absolute atomic E-state index is 12.7. The Kier molecular flexibility index (Phi) is 6.01. The van der Waals surface area contributed by atoms with Gasteiger partial charge >= 0.3 is 5.97 Å². The maximum atomic E-state index is 12.7. The number of ether oxygens (including phenoxy) is 2. The van der Waals surface area contributed by atoms with Crippen molar-refractivity contribution in [3.63, 3.8) is 0 Å². The summed E-state index contributed by atoms with van der Waals surface area (Å²) in [7, 11) is 0. The van der Waals surface area contributed by atoms with Crippen molar-refractivity contribution in [2.75, 3.05) is 18.7 Å². The average Bonchev–Trinajstić information content (AvgIpc) is 3.30. The number of phenols is 1. The second kappa shape index (κ2) is 8.89. The Balaban J connectivity index is 1.37. The molecule has 0 atom stereocenters. The zero-order chi connectivity index (χ0) is 22.8. The van der Waals surface area contributed by atoms with Crippen molar-refractivity contribution >= 4 is 57.8 Å². The van der Waals surface area contributed by atoms with E-state index >= 15 is 0 Å². The minimum Gasteiger partial charge on any atom is -0.507 e. The largest absolute Gasteiger partial charge is 0.507 e. The fourth-order valence-corrected chi connectivity index (χ4v) is 4.38. The Hall–Kier alpha value is -3.57. The molecule has 2 aromatic rings. The molecule has 32 heavy (non-hydrogen) atoms. The van der Waals surface area contributed by atoms with Gasteiger partial charge in [0.2, 0.25) is 12.7 Å². The topological polar surface area (TPSA) is 125 Å². The van der Waals surface area contributed by atoms with E-state index < -0.39 is 17.6 Å². The standard InChI is InChI=1S/C21H16N2O7S2/c24-14-9-12(2-3-13(14)20(27)28)22-18(25)5-6-23-19(26)17(32-21(23)31)8-11-1-4-15-16(7-11)30-10-29-15/h1-4,7-9,24H,5-6,10H2,(H,22,25)(H,27,28)/b17-8+. The molecule has 0 unspecified atom stereocenters. The highest BCUT2D eigenvalue weighted by molar-refractivity contribution is 8.26. The van der Waals surface area contributed by atoms with Gasteiger partial charge in [0.15, 0.2) is 11.5 Å². The third-order valence-electron chi connectivity index (χ3n) is 4.64. The molecule has 0 bridgehead atoms. The van der Waals surface area contributed by atoms with Gasteiger partial charge in [-0.3, -0.25) is 14.5 Å². The van der Waals surface area contributed by atoms with Crippen molar-refractivity contribution in [1.82, 2.24) is 4.90 Å². The fourth-order valence-electron chi connectivity index (χ4n) is 3.07. The lowest BCUT2D eigenvalue weighted by Crippen LogP contribution is -2.31. The Morgan fingerprint density at radius 1 is 1.19 bits per heavy atom. The van der Waals surface area contributed by atoms with Gasteiger partial charge in [-0.15, -0.1) is 0 Å². The molecule has 2 aliphatic heterocycles. The first kappa shape index (κ1) is 21.7. The smallest absolute Gasteiger partial charge is 0.339 e. The number of anilines is 1. The molecule has 2 aromatic carbocycles. The number of aromatic hydroxyl groups is 1. The minimum atomic E-state index is -1.27. The number of thiocarbonyl (C=S) groups is 1. The molecular formula is C21H16N2O7S2. The molecule has 11 heteroatoms. The molecule has 0 aromatic heterocycles. The van der Waals surface area contributed by atoms with E-state index in [2.05, 4.69) is 5.32 Å². The van der Waals surface area contributed by atoms with Crippen LogP contribution in [0.25, 0.3) is 6.08 Å². The van der Waals surface area contributed by atoms with E-state index in [0.29, 0.717) is 20.7 Å². The molecule has 2 amide bonds. The van der Waals surface area contributed by atoms with E-state index in [-0.39, 0.29) is 36.9 Å². The molecule has 2 heterocycles. The number of carbonyl (C=O) groups excluding carboxylic acids is 2. The van der Waals surface area contributed by atoms with Crippen molar-refractivity contribution in [2.45, 2.75) is 6.42 Å². The quantitative estimate of drug-likeness (QED) is 0.430. The van der Waals surface area contributed by atoms with Gasteiger partial charge in [0.1, 0.15) is 15.6 Å². The first-order chi connectivity index (χ1) is 15.3. The van der Waals surface area contributed by atoms with E-state index in [1.54, 1.807) is 24.3 Å². The summed E-state index contributed by atoms with van der Waals surface area (Å²) in [4.78, 5) is 37.7. The predicted molar refractivity (Wildman–Crippen MR) is 121 cm³/mol. The molecule has 0 spiro atoms. The molecule has 2 aliphatic rings. The van der Waals surface area contributed by atoms with Gasteiger partial charge in [-0.25, -0.2) is 4.79 Å². The average molecular weight is 473 g/mol. The summed E-state index contributed by atoms with van der Waals surface area (Å²) in [6.45, 7) is 0.237. The number of benzene rings is 2. The van der Waals surface area contributed by atoms with Crippen LogP contribution in [0.3, 0.4) is 0 Å². The molecule has 9 nitrogen and oxygen atoms in total. The Bertz CT molecular complexity index is 1180. The monoisotopic (exact) mass is 472 g/mol. The predicted octanol–water partition coefficient (Wildman–Crippen LogP) is 3.05. The molecule has 164 valence electrons. The summed E-state index contributed by atoms with van der Waals surface area (Å²) >= 11 is 6.44. The van der Waals surface area contributed by atoms with E-state index in [9.17, 15) is 19.5 Å². The number of thioether (sulfide) groups is 1. The number of nitrogens with one attached hydrogen (secondary N) is 1. The molecule has 3 N–H and O–H groups in total. The number of hydrogen-bond donors (Lipinski definition) is 3. The molecule has 0 aliphatic carbocycles. The summed E-state index contributed by atoms with van der Waals surface area (Å²) in [5.74, 6) is -1.19. The van der Waals surface area contributed by atoms with Crippen LogP contribution >= 0.6 is 24.0 Å². The van der Waals surface area contributed by atoms with Crippen LogP contribution in [0.2, 0.25) is 0 Å². The summed E-state index contributed by atoms with van der Waals surface area (Å²) in [6, 6.07) is 9.05. The van der Waals surface area contributed by atoms with Crippen molar-refractivity contribution in [3.8, 4) is 17.2 Å². The molecule has 4 rings (SSSR count). The molecule has 0 radical (unpaired) electrons. The number of aromatic carboxylic acids is 1. The van der Waals surface area contributed by atoms with Gasteiger partial charge < -0.3 is 25.0 Å². The van der Waals surface area contributed by atoms with E-state index in [1.165, 1.54) is 17.0 Å². The van der Waals surface area contributed by atoms with Crippen LogP contribution in [-0.2, 0) is 9.59 Å². The van der Waals surface area contributed by atoms with E-state index in [1.807, 2.05) is 0 Å². The number of amides is 2. The number of rotatable bonds is 6. The zero-order valence-electron chi connectivity index (χ0n) is 16.4. The van der Waals surface area contributed by atoms with Crippen molar-refractivity contribution in [3.05, 3.63) is 52.4 Å².